The highest BCUT2D eigenvalue weighted by molar-refractivity contribution is 5.92. The maximum atomic E-state index is 12.3. The van der Waals surface area contributed by atoms with Crippen LogP contribution in [0.4, 0.5) is 0 Å². The molecule has 0 N–H and O–H groups in total. The molecule has 0 unspecified atom stereocenters. The second kappa shape index (κ2) is 4.18. The molecule has 2 fully saturated rings. The van der Waals surface area contributed by atoms with Gasteiger partial charge in [-0.1, -0.05) is 26.0 Å². The number of carbonyl (C=O) groups excluding carboxylic acids is 2. The number of hydrogen-bond donors (Lipinski definition) is 0. The molecule has 2 saturated carbocycles. The van der Waals surface area contributed by atoms with Gasteiger partial charge in [0.2, 0.25) is 0 Å². The molecule has 4 aliphatic rings. The molecule has 2 heteroatoms. The first kappa shape index (κ1) is 13.5. The van der Waals surface area contributed by atoms with Crippen molar-refractivity contribution >= 4 is 11.6 Å². The molecule has 0 aromatic carbocycles. The summed E-state index contributed by atoms with van der Waals surface area (Å²) in [5.74, 6) is 2.44. The van der Waals surface area contributed by atoms with Gasteiger partial charge in [-0.15, -0.1) is 0 Å². The van der Waals surface area contributed by atoms with E-state index in [2.05, 4.69) is 26.0 Å². The van der Waals surface area contributed by atoms with E-state index in [1.807, 2.05) is 6.08 Å². The molecule has 0 radical (unpaired) electrons. The minimum atomic E-state index is -0.0758. The summed E-state index contributed by atoms with van der Waals surface area (Å²) in [4.78, 5) is 24.1. The maximum absolute atomic E-state index is 12.3. The second-order valence-electron chi connectivity index (χ2n) is 8.05. The third kappa shape index (κ3) is 1.65. The predicted octanol–water partition coefficient (Wildman–Crippen LogP) is 3.86. The lowest BCUT2D eigenvalue weighted by atomic mass is 9.49. The van der Waals surface area contributed by atoms with Gasteiger partial charge in [-0.3, -0.25) is 9.59 Å². The molecule has 0 amide bonds. The Morgan fingerprint density at radius 3 is 2.57 bits per heavy atom. The fourth-order valence-corrected chi connectivity index (χ4v) is 5.77. The normalized spacial score (nSPS) is 48.5. The zero-order valence-electron chi connectivity index (χ0n) is 13.0. The number of rotatable bonds is 0. The Bertz CT molecular complexity index is 584. The Morgan fingerprint density at radius 1 is 1.00 bits per heavy atom. The summed E-state index contributed by atoms with van der Waals surface area (Å²) in [7, 11) is 0. The van der Waals surface area contributed by atoms with Crippen LogP contribution in [0, 0.1) is 28.6 Å². The number of Topliss-reactive ketones (excluding diaryl/α,β-unsaturated/α-hetero) is 1. The average molecular weight is 284 g/mol. The molecule has 0 aromatic heterocycles. The summed E-state index contributed by atoms with van der Waals surface area (Å²) in [6.45, 7) is 4.56. The molecule has 5 atom stereocenters. The van der Waals surface area contributed by atoms with Crippen molar-refractivity contribution in [3.8, 4) is 0 Å². The van der Waals surface area contributed by atoms with E-state index in [0.29, 0.717) is 30.0 Å². The molecule has 4 aliphatic carbocycles. The van der Waals surface area contributed by atoms with Gasteiger partial charge >= 0.3 is 0 Å². The lowest BCUT2D eigenvalue weighted by molar-refractivity contribution is -0.130. The van der Waals surface area contributed by atoms with Crippen LogP contribution in [0.3, 0.4) is 0 Å². The van der Waals surface area contributed by atoms with E-state index < -0.39 is 0 Å². The molecule has 4 rings (SSSR count). The van der Waals surface area contributed by atoms with Crippen LogP contribution >= 0.6 is 0 Å². The summed E-state index contributed by atoms with van der Waals surface area (Å²) in [6, 6.07) is 0. The smallest absolute Gasteiger partial charge is 0.156 e. The van der Waals surface area contributed by atoms with Crippen LogP contribution in [0.2, 0.25) is 0 Å². The first-order valence-electron chi connectivity index (χ1n) is 8.42. The van der Waals surface area contributed by atoms with Gasteiger partial charge in [-0.25, -0.2) is 0 Å². The van der Waals surface area contributed by atoms with Crippen molar-refractivity contribution in [2.75, 3.05) is 0 Å². The lowest BCUT2D eigenvalue weighted by Gasteiger charge is -2.54. The quantitative estimate of drug-likeness (QED) is 0.677. The zero-order chi connectivity index (χ0) is 14.8. The highest BCUT2D eigenvalue weighted by atomic mass is 16.1. The molecule has 2 nitrogen and oxygen atoms in total. The third-order valence-corrected chi connectivity index (χ3v) is 7.22. The largest absolute Gasteiger partial charge is 0.299 e. The number of allylic oxidation sites excluding steroid dienone is 4. The molecular formula is C19H24O2. The summed E-state index contributed by atoms with van der Waals surface area (Å²) >= 11 is 0. The van der Waals surface area contributed by atoms with Crippen molar-refractivity contribution in [3.63, 3.8) is 0 Å². The highest BCUT2D eigenvalue weighted by Crippen LogP contribution is 2.62. The summed E-state index contributed by atoms with van der Waals surface area (Å²) in [5.41, 5.74) is 1.32. The van der Waals surface area contributed by atoms with Gasteiger partial charge in [0.25, 0.3) is 0 Å². The third-order valence-electron chi connectivity index (χ3n) is 7.22. The minimum absolute atomic E-state index is 0.0758. The number of fused-ring (bicyclic) bond motifs is 5. The molecule has 0 aliphatic heterocycles. The van der Waals surface area contributed by atoms with E-state index in [1.54, 1.807) is 0 Å². The second-order valence-corrected chi connectivity index (χ2v) is 8.05. The van der Waals surface area contributed by atoms with Gasteiger partial charge in [-0.2, -0.15) is 0 Å². The van der Waals surface area contributed by atoms with Crippen LogP contribution in [0.15, 0.2) is 23.8 Å². The fourth-order valence-electron chi connectivity index (χ4n) is 5.77. The van der Waals surface area contributed by atoms with E-state index >= 15 is 0 Å². The van der Waals surface area contributed by atoms with Crippen molar-refractivity contribution in [1.82, 2.24) is 0 Å². The Hall–Kier alpha value is -1.18. The van der Waals surface area contributed by atoms with Crippen molar-refractivity contribution in [2.45, 2.75) is 52.4 Å². The van der Waals surface area contributed by atoms with Gasteiger partial charge in [0.15, 0.2) is 5.78 Å². The first-order valence-corrected chi connectivity index (χ1v) is 8.42. The number of carbonyl (C=O) groups is 2. The van der Waals surface area contributed by atoms with Gasteiger partial charge in [0.1, 0.15) is 5.78 Å². The minimum Gasteiger partial charge on any atom is -0.299 e. The standard InChI is InChI=1S/C19H24O2/c1-18-9-7-13(20)11-12(18)3-4-14-15-5-6-17(21)19(15,2)10-8-16(14)18/h3-4,11,14-16H,5-10H2,1-2H3/t14-,15+,16+,18+,19-/m0/s1. The summed E-state index contributed by atoms with van der Waals surface area (Å²) < 4.78 is 0. The van der Waals surface area contributed by atoms with E-state index in [9.17, 15) is 9.59 Å². The van der Waals surface area contributed by atoms with Crippen LogP contribution in [0.5, 0.6) is 0 Å². The molecule has 0 aromatic rings. The Labute approximate surface area is 126 Å². The average Bonchev–Trinajstić information content (AvgIpc) is 2.76. The van der Waals surface area contributed by atoms with Crippen molar-refractivity contribution < 1.29 is 9.59 Å². The highest BCUT2D eigenvalue weighted by Gasteiger charge is 2.57. The van der Waals surface area contributed by atoms with Gasteiger partial charge in [0, 0.05) is 18.3 Å². The topological polar surface area (TPSA) is 34.1 Å². The van der Waals surface area contributed by atoms with E-state index in [4.69, 9.17) is 0 Å². The van der Waals surface area contributed by atoms with E-state index in [0.717, 1.165) is 32.1 Å². The molecule has 0 bridgehead atoms. The molecule has 0 heterocycles. The fraction of sp³-hybridized carbons (Fsp3) is 0.684. The van der Waals surface area contributed by atoms with Crippen LogP contribution in [0.1, 0.15) is 52.4 Å². The van der Waals surface area contributed by atoms with Crippen LogP contribution in [-0.4, -0.2) is 11.6 Å². The van der Waals surface area contributed by atoms with Crippen molar-refractivity contribution in [3.05, 3.63) is 23.8 Å². The molecule has 0 saturated heterocycles. The van der Waals surface area contributed by atoms with Crippen LogP contribution in [-0.2, 0) is 9.59 Å². The molecule has 112 valence electrons. The zero-order valence-corrected chi connectivity index (χ0v) is 13.0. The Balaban J connectivity index is 1.77. The van der Waals surface area contributed by atoms with Crippen molar-refractivity contribution in [2.24, 2.45) is 28.6 Å². The summed E-state index contributed by atoms with van der Waals surface area (Å²) in [6.07, 6.45) is 12.1. The number of ketones is 2. The maximum Gasteiger partial charge on any atom is 0.156 e. The van der Waals surface area contributed by atoms with Crippen molar-refractivity contribution in [1.29, 1.82) is 0 Å². The van der Waals surface area contributed by atoms with Crippen LogP contribution in [0.25, 0.3) is 0 Å². The van der Waals surface area contributed by atoms with Gasteiger partial charge in [-0.05, 0) is 60.5 Å². The Morgan fingerprint density at radius 2 is 1.76 bits per heavy atom. The lowest BCUT2D eigenvalue weighted by Crippen LogP contribution is -2.49. The predicted molar refractivity (Wildman–Crippen MR) is 81.6 cm³/mol. The summed E-state index contributed by atoms with van der Waals surface area (Å²) in [5, 5.41) is 0. The Kier molecular flexibility index (Phi) is 2.68. The van der Waals surface area contributed by atoms with E-state index in [-0.39, 0.29) is 16.6 Å². The van der Waals surface area contributed by atoms with Gasteiger partial charge in [0.05, 0.1) is 0 Å². The van der Waals surface area contributed by atoms with Gasteiger partial charge < -0.3 is 0 Å². The molecular weight excluding hydrogens is 260 g/mol. The van der Waals surface area contributed by atoms with Crippen LogP contribution < -0.4 is 0 Å². The monoisotopic (exact) mass is 284 g/mol. The molecule has 21 heavy (non-hydrogen) atoms. The molecule has 0 spiro atoms. The number of hydrogen-bond acceptors (Lipinski definition) is 2. The first-order chi connectivity index (χ1) is 9.95. The SMILES string of the molecule is C[C@]12CC[C@@H]3[C@@H](C=CC4=CC(=O)CC[C@]43C)[C@H]1CCC2=O. The van der Waals surface area contributed by atoms with E-state index in [1.165, 1.54) is 5.57 Å².